The summed E-state index contributed by atoms with van der Waals surface area (Å²) in [5.41, 5.74) is 3.09. The van der Waals surface area contributed by atoms with Gasteiger partial charge in [-0.15, -0.1) is 0 Å². The maximum Gasteiger partial charge on any atom is 0.254 e. The highest BCUT2D eigenvalue weighted by Gasteiger charge is 2.27. The molecule has 2 aromatic carbocycles. The summed E-state index contributed by atoms with van der Waals surface area (Å²) in [6.45, 7) is 4.58. The highest BCUT2D eigenvalue weighted by molar-refractivity contribution is 5.94. The molecule has 1 aliphatic heterocycles. The number of hydrogen-bond acceptors (Lipinski definition) is 2. The van der Waals surface area contributed by atoms with Crippen molar-refractivity contribution in [2.45, 2.75) is 19.4 Å². The zero-order valence-electron chi connectivity index (χ0n) is 13.0. The predicted octanol–water partition coefficient (Wildman–Crippen LogP) is 3.17. The molecule has 22 heavy (non-hydrogen) atoms. The normalized spacial score (nSPS) is 18.8. The second-order valence-electron chi connectivity index (χ2n) is 5.85. The lowest BCUT2D eigenvalue weighted by molar-refractivity contribution is 0.0691. The fourth-order valence-electron chi connectivity index (χ4n) is 3.04. The first-order valence-corrected chi connectivity index (χ1v) is 7.89. The standard InChI is InChI=1S/C19H22N2O/c1-15-7-5-10-17(13-15)19(22)21-12-6-11-20-14-18(21)16-8-3-2-4-9-16/h2-5,7-10,13,18,20H,6,11-12,14H2,1H3. The first kappa shape index (κ1) is 14.8. The largest absolute Gasteiger partial charge is 0.330 e. The molecule has 0 bridgehead atoms. The van der Waals surface area contributed by atoms with E-state index in [1.165, 1.54) is 5.56 Å². The number of carbonyl (C=O) groups excluding carboxylic acids is 1. The lowest BCUT2D eigenvalue weighted by Gasteiger charge is -2.30. The summed E-state index contributed by atoms with van der Waals surface area (Å²) in [6, 6.07) is 18.3. The number of nitrogens with zero attached hydrogens (tertiary/aromatic N) is 1. The number of rotatable bonds is 2. The SMILES string of the molecule is Cc1cccc(C(=O)N2CCCNCC2c2ccccc2)c1. The Kier molecular flexibility index (Phi) is 4.54. The summed E-state index contributed by atoms with van der Waals surface area (Å²) >= 11 is 0. The van der Waals surface area contributed by atoms with E-state index in [0.717, 1.165) is 37.2 Å². The fraction of sp³-hybridized carbons (Fsp3) is 0.316. The smallest absolute Gasteiger partial charge is 0.254 e. The van der Waals surface area contributed by atoms with E-state index in [4.69, 9.17) is 0 Å². The van der Waals surface area contributed by atoms with Gasteiger partial charge in [0.15, 0.2) is 0 Å². The quantitative estimate of drug-likeness (QED) is 0.922. The molecule has 0 aliphatic carbocycles. The second kappa shape index (κ2) is 6.75. The van der Waals surface area contributed by atoms with Gasteiger partial charge < -0.3 is 10.2 Å². The Bertz CT molecular complexity index is 639. The van der Waals surface area contributed by atoms with Crippen LogP contribution in [-0.4, -0.2) is 30.4 Å². The highest BCUT2D eigenvalue weighted by atomic mass is 16.2. The number of carbonyl (C=O) groups is 1. The molecule has 1 unspecified atom stereocenters. The van der Waals surface area contributed by atoms with E-state index in [1.54, 1.807) is 0 Å². The third-order valence-electron chi connectivity index (χ3n) is 4.18. The zero-order chi connectivity index (χ0) is 15.4. The maximum absolute atomic E-state index is 13.0. The molecule has 0 radical (unpaired) electrons. The van der Waals surface area contributed by atoms with Crippen LogP contribution in [0.4, 0.5) is 0 Å². The topological polar surface area (TPSA) is 32.3 Å². The van der Waals surface area contributed by atoms with Crippen molar-refractivity contribution in [2.24, 2.45) is 0 Å². The Morgan fingerprint density at radius 1 is 1.14 bits per heavy atom. The zero-order valence-corrected chi connectivity index (χ0v) is 13.0. The van der Waals surface area contributed by atoms with E-state index in [1.807, 2.05) is 54.3 Å². The van der Waals surface area contributed by atoms with Crippen LogP contribution in [-0.2, 0) is 0 Å². The molecule has 1 heterocycles. The molecule has 114 valence electrons. The molecular formula is C19H22N2O. The van der Waals surface area contributed by atoms with Crippen LogP contribution in [0.5, 0.6) is 0 Å². The number of benzene rings is 2. The first-order chi connectivity index (χ1) is 10.8. The molecule has 1 N–H and O–H groups in total. The van der Waals surface area contributed by atoms with Crippen molar-refractivity contribution in [2.75, 3.05) is 19.6 Å². The lowest BCUT2D eigenvalue weighted by Crippen LogP contribution is -2.37. The molecule has 1 aliphatic rings. The minimum Gasteiger partial charge on any atom is -0.330 e. The van der Waals surface area contributed by atoms with Crippen LogP contribution in [0.1, 0.15) is 33.9 Å². The molecule has 1 saturated heterocycles. The summed E-state index contributed by atoms with van der Waals surface area (Å²) in [4.78, 5) is 15.0. The number of aryl methyl sites for hydroxylation is 1. The van der Waals surface area contributed by atoms with E-state index in [9.17, 15) is 4.79 Å². The molecule has 2 aromatic rings. The van der Waals surface area contributed by atoms with Crippen molar-refractivity contribution >= 4 is 5.91 Å². The summed E-state index contributed by atoms with van der Waals surface area (Å²) in [7, 11) is 0. The van der Waals surface area contributed by atoms with Crippen LogP contribution in [0, 0.1) is 6.92 Å². The van der Waals surface area contributed by atoms with Crippen LogP contribution in [0.15, 0.2) is 54.6 Å². The molecule has 3 heteroatoms. The molecule has 0 spiro atoms. The Balaban J connectivity index is 1.92. The number of amides is 1. The highest BCUT2D eigenvalue weighted by Crippen LogP contribution is 2.24. The van der Waals surface area contributed by atoms with Gasteiger partial charge in [0.05, 0.1) is 6.04 Å². The van der Waals surface area contributed by atoms with E-state index >= 15 is 0 Å². The van der Waals surface area contributed by atoms with E-state index in [0.29, 0.717) is 0 Å². The van der Waals surface area contributed by atoms with Crippen molar-refractivity contribution in [3.8, 4) is 0 Å². The first-order valence-electron chi connectivity index (χ1n) is 7.89. The van der Waals surface area contributed by atoms with Gasteiger partial charge in [-0.1, -0.05) is 48.0 Å². The molecular weight excluding hydrogens is 272 g/mol. The van der Waals surface area contributed by atoms with Gasteiger partial charge in [0.25, 0.3) is 5.91 Å². The van der Waals surface area contributed by atoms with Gasteiger partial charge in [-0.3, -0.25) is 4.79 Å². The van der Waals surface area contributed by atoms with Crippen molar-refractivity contribution in [1.82, 2.24) is 10.2 Å². The van der Waals surface area contributed by atoms with Crippen LogP contribution in [0.25, 0.3) is 0 Å². The molecule has 1 fully saturated rings. The van der Waals surface area contributed by atoms with Crippen molar-refractivity contribution in [3.63, 3.8) is 0 Å². The molecule has 3 rings (SSSR count). The molecule has 1 amide bonds. The molecule has 0 saturated carbocycles. The molecule has 3 nitrogen and oxygen atoms in total. The minimum absolute atomic E-state index is 0.0942. The van der Waals surface area contributed by atoms with Crippen LogP contribution >= 0.6 is 0 Å². The van der Waals surface area contributed by atoms with Crippen molar-refractivity contribution in [1.29, 1.82) is 0 Å². The Morgan fingerprint density at radius 3 is 2.73 bits per heavy atom. The van der Waals surface area contributed by atoms with Gasteiger partial charge in [-0.25, -0.2) is 0 Å². The van der Waals surface area contributed by atoms with E-state index in [2.05, 4.69) is 17.4 Å². The molecule has 1 atom stereocenters. The maximum atomic E-state index is 13.0. The van der Waals surface area contributed by atoms with Crippen LogP contribution in [0.2, 0.25) is 0 Å². The fourth-order valence-corrected chi connectivity index (χ4v) is 3.04. The number of hydrogen-bond donors (Lipinski definition) is 1. The average molecular weight is 294 g/mol. The summed E-state index contributed by atoms with van der Waals surface area (Å²) < 4.78 is 0. The number of nitrogens with one attached hydrogen (secondary N) is 1. The van der Waals surface area contributed by atoms with Gasteiger partial charge >= 0.3 is 0 Å². The van der Waals surface area contributed by atoms with Gasteiger partial charge in [0.1, 0.15) is 0 Å². The third kappa shape index (κ3) is 3.20. The average Bonchev–Trinajstić information content (AvgIpc) is 2.81. The van der Waals surface area contributed by atoms with Gasteiger partial charge in [0, 0.05) is 18.7 Å². The van der Waals surface area contributed by atoms with Gasteiger partial charge in [0.2, 0.25) is 0 Å². The van der Waals surface area contributed by atoms with Crippen molar-refractivity contribution in [3.05, 3.63) is 71.3 Å². The summed E-state index contributed by atoms with van der Waals surface area (Å²) in [6.07, 6.45) is 0.987. The second-order valence-corrected chi connectivity index (χ2v) is 5.85. The Hall–Kier alpha value is -2.13. The van der Waals surface area contributed by atoms with Crippen molar-refractivity contribution < 1.29 is 4.79 Å². The van der Waals surface area contributed by atoms with Crippen LogP contribution in [0.3, 0.4) is 0 Å². The van der Waals surface area contributed by atoms with Gasteiger partial charge in [-0.05, 0) is 37.6 Å². The van der Waals surface area contributed by atoms with Crippen LogP contribution < -0.4 is 5.32 Å². The lowest BCUT2D eigenvalue weighted by atomic mass is 10.0. The van der Waals surface area contributed by atoms with E-state index in [-0.39, 0.29) is 11.9 Å². The molecule has 0 aromatic heterocycles. The summed E-state index contributed by atoms with van der Waals surface area (Å²) in [5.74, 6) is 0.126. The third-order valence-corrected chi connectivity index (χ3v) is 4.18. The predicted molar refractivity (Wildman–Crippen MR) is 88.9 cm³/mol. The van der Waals surface area contributed by atoms with Gasteiger partial charge in [-0.2, -0.15) is 0 Å². The van der Waals surface area contributed by atoms with E-state index < -0.39 is 0 Å². The summed E-state index contributed by atoms with van der Waals surface area (Å²) in [5, 5.41) is 3.45. The monoisotopic (exact) mass is 294 g/mol. The Morgan fingerprint density at radius 2 is 1.95 bits per heavy atom. The minimum atomic E-state index is 0.0942. The Labute approximate surface area is 132 Å².